The summed E-state index contributed by atoms with van der Waals surface area (Å²) in [5, 5.41) is 13.3. The van der Waals surface area contributed by atoms with Crippen LogP contribution in [0.2, 0.25) is 0 Å². The standard InChI is InChI=1S/C39H36F8N8S/c1-25-5-3-18-49-32(25)36(40)15-20-53(21-16-36)35(56)52-31-23-37(41,33-26(2)6-4-19-50-33)17-22-54(31)34(51-24-48)55(29-11-7-27(8-12-29)38(42,43)44)30-13-9-28(10-14-30)39(45,46)47/h3-14,18-19,31H,15-17,20-23H2,1-2H3,(H,52,56). The molecule has 1 N–H and O–H groups in total. The number of hydrogen-bond donors (Lipinski definition) is 1. The highest BCUT2D eigenvalue weighted by Crippen LogP contribution is 2.42. The van der Waals surface area contributed by atoms with Gasteiger partial charge in [0.05, 0.1) is 22.5 Å². The van der Waals surface area contributed by atoms with Crippen molar-refractivity contribution in [1.29, 1.82) is 5.26 Å². The van der Waals surface area contributed by atoms with Gasteiger partial charge in [0.2, 0.25) is 12.2 Å². The van der Waals surface area contributed by atoms with E-state index in [4.69, 9.17) is 12.2 Å². The summed E-state index contributed by atoms with van der Waals surface area (Å²) >= 11 is 5.83. The number of nitriles is 1. The van der Waals surface area contributed by atoms with E-state index in [-0.39, 0.29) is 73.5 Å². The Morgan fingerprint density at radius 2 is 1.25 bits per heavy atom. The molecule has 0 aliphatic carbocycles. The molecule has 4 heterocycles. The van der Waals surface area contributed by atoms with Crippen molar-refractivity contribution < 1.29 is 35.1 Å². The summed E-state index contributed by atoms with van der Waals surface area (Å²) in [6.45, 7) is 3.69. The normalized spacial score (nSPS) is 20.3. The quantitative estimate of drug-likeness (QED) is 0.0704. The number of thiocarbonyl (C=S) groups is 1. The predicted molar refractivity (Wildman–Crippen MR) is 198 cm³/mol. The fourth-order valence-corrected chi connectivity index (χ4v) is 7.58. The summed E-state index contributed by atoms with van der Waals surface area (Å²) in [7, 11) is 0. The molecular weight excluding hydrogens is 765 g/mol. The van der Waals surface area contributed by atoms with Gasteiger partial charge in [-0.05, 0) is 97.9 Å². The fraction of sp³-hybridized carbons (Fsp3) is 0.359. The first-order chi connectivity index (χ1) is 26.4. The molecule has 2 aliphatic rings. The first-order valence-electron chi connectivity index (χ1n) is 17.6. The fourth-order valence-electron chi connectivity index (χ4n) is 7.27. The number of alkyl halides is 8. The number of aromatic nitrogens is 2. The van der Waals surface area contributed by atoms with Crippen LogP contribution < -0.4 is 10.2 Å². The highest BCUT2D eigenvalue weighted by molar-refractivity contribution is 7.80. The molecule has 2 aliphatic heterocycles. The van der Waals surface area contributed by atoms with Gasteiger partial charge in [0.15, 0.2) is 16.4 Å². The maximum Gasteiger partial charge on any atom is 0.416 e. The van der Waals surface area contributed by atoms with Gasteiger partial charge in [0, 0.05) is 69.1 Å². The van der Waals surface area contributed by atoms with Gasteiger partial charge >= 0.3 is 12.4 Å². The van der Waals surface area contributed by atoms with Crippen molar-refractivity contribution in [3.05, 3.63) is 119 Å². The Bertz CT molecular complexity index is 2050. The summed E-state index contributed by atoms with van der Waals surface area (Å²) in [6, 6.07) is 14.5. The first-order valence-corrected chi connectivity index (χ1v) is 18.0. The molecule has 0 bridgehead atoms. The van der Waals surface area contributed by atoms with Crippen molar-refractivity contribution >= 4 is 34.7 Å². The van der Waals surface area contributed by atoms with Crippen molar-refractivity contribution in [2.24, 2.45) is 4.99 Å². The first kappa shape index (κ1) is 40.3. The van der Waals surface area contributed by atoms with Crippen molar-refractivity contribution in [3.8, 4) is 6.19 Å². The van der Waals surface area contributed by atoms with Crippen molar-refractivity contribution in [1.82, 2.24) is 25.1 Å². The maximum atomic E-state index is 17.2. The lowest BCUT2D eigenvalue weighted by atomic mass is 9.85. The zero-order valence-corrected chi connectivity index (χ0v) is 31.0. The number of aliphatic imine (C=N–C) groups is 1. The van der Waals surface area contributed by atoms with E-state index in [1.807, 2.05) is 0 Å². The molecule has 2 aromatic carbocycles. The summed E-state index contributed by atoms with van der Waals surface area (Å²) in [4.78, 5) is 17.1. The van der Waals surface area contributed by atoms with E-state index in [1.54, 1.807) is 49.2 Å². The molecule has 8 nitrogen and oxygen atoms in total. The number of halogens is 8. The Kier molecular flexibility index (Phi) is 11.3. The third-order valence-corrected chi connectivity index (χ3v) is 10.5. The number of nitrogens with one attached hydrogen (secondary N) is 1. The number of aryl methyl sites for hydroxylation is 2. The molecule has 2 atom stereocenters. The van der Waals surface area contributed by atoms with Crippen LogP contribution in [-0.2, 0) is 23.7 Å². The van der Waals surface area contributed by atoms with Crippen molar-refractivity contribution in [2.75, 3.05) is 24.5 Å². The molecule has 2 unspecified atom stereocenters. The van der Waals surface area contributed by atoms with Crippen LogP contribution in [0.25, 0.3) is 0 Å². The van der Waals surface area contributed by atoms with Gasteiger partial charge in [-0.3, -0.25) is 14.9 Å². The van der Waals surface area contributed by atoms with Gasteiger partial charge in [-0.1, -0.05) is 12.1 Å². The minimum Gasteiger partial charge on any atom is -0.349 e. The average molecular weight is 801 g/mol. The lowest BCUT2D eigenvalue weighted by molar-refractivity contribution is -0.138. The zero-order chi connectivity index (χ0) is 40.5. The second-order valence-corrected chi connectivity index (χ2v) is 14.2. The third kappa shape index (κ3) is 8.40. The summed E-state index contributed by atoms with van der Waals surface area (Å²) in [5.41, 5.74) is -3.90. The number of nitrogens with zero attached hydrogens (tertiary/aromatic N) is 7. The molecule has 4 aromatic rings. The number of hydrogen-bond acceptors (Lipinski definition) is 5. The average Bonchev–Trinajstić information content (AvgIpc) is 3.15. The van der Waals surface area contributed by atoms with Crippen LogP contribution in [0.3, 0.4) is 0 Å². The smallest absolute Gasteiger partial charge is 0.349 e. The third-order valence-electron chi connectivity index (χ3n) is 10.2. The molecule has 2 fully saturated rings. The highest BCUT2D eigenvalue weighted by Gasteiger charge is 2.47. The van der Waals surface area contributed by atoms with Crippen LogP contribution in [0.1, 0.15) is 59.3 Å². The zero-order valence-electron chi connectivity index (χ0n) is 30.2. The van der Waals surface area contributed by atoms with Crippen LogP contribution in [0.5, 0.6) is 0 Å². The Morgan fingerprint density at radius 1 is 0.786 bits per heavy atom. The van der Waals surface area contributed by atoms with Gasteiger partial charge in [0.1, 0.15) is 6.17 Å². The number of likely N-dealkylation sites (tertiary alicyclic amines) is 2. The number of rotatable bonds is 5. The Labute approximate surface area is 323 Å². The summed E-state index contributed by atoms with van der Waals surface area (Å²) in [6.07, 6.45) is -6.20. The van der Waals surface area contributed by atoms with E-state index in [2.05, 4.69) is 20.3 Å². The highest BCUT2D eigenvalue weighted by atomic mass is 32.1. The Hall–Kier alpha value is -5.37. The number of anilines is 2. The van der Waals surface area contributed by atoms with Gasteiger partial charge in [-0.2, -0.15) is 31.6 Å². The molecule has 56 heavy (non-hydrogen) atoms. The number of benzene rings is 2. The number of piperidine rings is 2. The lowest BCUT2D eigenvalue weighted by Gasteiger charge is -2.47. The van der Waals surface area contributed by atoms with Gasteiger partial charge in [-0.25, -0.2) is 8.78 Å². The molecule has 2 saturated heterocycles. The monoisotopic (exact) mass is 800 g/mol. The van der Waals surface area contributed by atoms with Crippen molar-refractivity contribution in [3.63, 3.8) is 0 Å². The van der Waals surface area contributed by atoms with Gasteiger partial charge in [-0.15, -0.1) is 4.99 Å². The van der Waals surface area contributed by atoms with Crippen LogP contribution in [-0.4, -0.2) is 56.6 Å². The molecular formula is C39H36F8N8S. The van der Waals surface area contributed by atoms with Crippen LogP contribution >= 0.6 is 12.2 Å². The van der Waals surface area contributed by atoms with E-state index >= 15 is 8.78 Å². The minimum absolute atomic E-state index is 0.0193. The molecule has 17 heteroatoms. The van der Waals surface area contributed by atoms with E-state index in [9.17, 15) is 31.6 Å². The largest absolute Gasteiger partial charge is 0.416 e. The topological polar surface area (TPSA) is 83.7 Å². The molecule has 0 amide bonds. The van der Waals surface area contributed by atoms with E-state index in [0.29, 0.717) is 16.8 Å². The van der Waals surface area contributed by atoms with Crippen LogP contribution in [0.4, 0.5) is 46.5 Å². The predicted octanol–water partition coefficient (Wildman–Crippen LogP) is 9.23. The molecule has 2 aromatic heterocycles. The molecule has 0 radical (unpaired) electrons. The summed E-state index contributed by atoms with van der Waals surface area (Å²) in [5.74, 6) is -0.223. The van der Waals surface area contributed by atoms with Crippen molar-refractivity contribution in [2.45, 2.75) is 69.4 Å². The molecule has 0 saturated carbocycles. The SMILES string of the molecule is Cc1cccnc1C1(F)CCN(C(=S)NC2CC(F)(c3ncccc3C)CCN2C(=NC#N)N(c2ccc(C(F)(F)F)cc2)c2ccc(C(F)(F)F)cc2)CC1. The minimum atomic E-state index is -4.69. The maximum absolute atomic E-state index is 17.2. The summed E-state index contributed by atoms with van der Waals surface area (Å²) < 4.78 is 115. The van der Waals surface area contributed by atoms with E-state index < -0.39 is 41.0 Å². The lowest BCUT2D eigenvalue weighted by Crippen LogP contribution is -2.62. The van der Waals surface area contributed by atoms with E-state index in [1.165, 1.54) is 22.2 Å². The van der Waals surface area contributed by atoms with E-state index in [0.717, 1.165) is 48.5 Å². The van der Waals surface area contributed by atoms with Crippen LogP contribution in [0, 0.1) is 25.3 Å². The van der Waals surface area contributed by atoms with Gasteiger partial charge < -0.3 is 15.1 Å². The van der Waals surface area contributed by atoms with Gasteiger partial charge in [0.25, 0.3) is 0 Å². The molecule has 294 valence electrons. The molecule has 6 rings (SSSR count). The van der Waals surface area contributed by atoms with Crippen LogP contribution in [0.15, 0.2) is 90.2 Å². The second-order valence-electron chi connectivity index (χ2n) is 13.8. The molecule has 0 spiro atoms. The number of pyridine rings is 2. The Balaban J connectivity index is 1.38. The Morgan fingerprint density at radius 3 is 1.70 bits per heavy atom. The second kappa shape index (κ2) is 15.6. The number of guanidine groups is 1.